The van der Waals surface area contributed by atoms with Crippen LogP contribution >= 0.6 is 11.3 Å². The van der Waals surface area contributed by atoms with Gasteiger partial charge in [0.1, 0.15) is 5.75 Å². The normalized spacial score (nSPS) is 14.9. The molecule has 2 aromatic rings. The van der Waals surface area contributed by atoms with Gasteiger partial charge in [0.25, 0.3) is 11.8 Å². The lowest BCUT2D eigenvalue weighted by Crippen LogP contribution is -2.42. The number of fused-ring (bicyclic) bond motifs is 1. The van der Waals surface area contributed by atoms with E-state index in [1.54, 1.807) is 24.3 Å². The summed E-state index contributed by atoms with van der Waals surface area (Å²) in [5.41, 5.74) is 0.519. The summed E-state index contributed by atoms with van der Waals surface area (Å²) >= 11 is 1.47. The van der Waals surface area contributed by atoms with Crippen molar-refractivity contribution in [1.29, 1.82) is 0 Å². The number of rotatable bonds is 6. The summed E-state index contributed by atoms with van der Waals surface area (Å²) in [4.78, 5) is 48.1. The molecule has 0 fully saturated rings. The van der Waals surface area contributed by atoms with E-state index in [2.05, 4.69) is 16.0 Å². The number of carbonyl (C=O) groups is 4. The zero-order chi connectivity index (χ0) is 19.9. The molecule has 10 heteroatoms. The topological polar surface area (TPSA) is 123 Å². The first kappa shape index (κ1) is 19.4. The van der Waals surface area contributed by atoms with Crippen LogP contribution < -0.4 is 20.7 Å². The minimum atomic E-state index is -1.06. The smallest absolute Gasteiger partial charge is 0.321 e. The van der Waals surface area contributed by atoms with E-state index < -0.39 is 36.5 Å². The summed E-state index contributed by atoms with van der Waals surface area (Å²) in [5, 5.41) is 9.06. The number of hydrogen-bond acceptors (Lipinski definition) is 7. The van der Waals surface area contributed by atoms with Gasteiger partial charge in [-0.2, -0.15) is 0 Å². The molecule has 1 aromatic carbocycles. The van der Waals surface area contributed by atoms with E-state index in [9.17, 15) is 19.2 Å². The fourth-order valence-corrected chi connectivity index (χ4v) is 3.02. The number of para-hydroxylation sites is 2. The second-order valence-corrected chi connectivity index (χ2v) is 6.80. The molecular formula is C18H17N3O6S. The predicted molar refractivity (Wildman–Crippen MR) is 99.8 cm³/mol. The highest BCUT2D eigenvalue weighted by Crippen LogP contribution is 2.29. The first-order valence-electron chi connectivity index (χ1n) is 8.33. The van der Waals surface area contributed by atoms with Crippen LogP contribution in [-0.4, -0.2) is 36.5 Å². The number of imide groups is 1. The lowest BCUT2D eigenvalue weighted by molar-refractivity contribution is -0.151. The number of carbonyl (C=O) groups excluding carboxylic acids is 4. The standard InChI is InChI=1S/C18H17N3O6S/c22-15(21-18(25)19-9-11-4-3-7-28-11)10-26-16(23)8-14-17(24)20-12-5-1-2-6-13(12)27-14/h1-7,14H,8-10H2,(H,20,24)(H2,19,21,22,25)/t14-/m0/s1. The van der Waals surface area contributed by atoms with E-state index >= 15 is 0 Å². The molecule has 0 saturated carbocycles. The largest absolute Gasteiger partial charge is 0.478 e. The van der Waals surface area contributed by atoms with Crippen molar-refractivity contribution in [2.45, 2.75) is 19.1 Å². The van der Waals surface area contributed by atoms with Crippen LogP contribution in [0.1, 0.15) is 11.3 Å². The number of benzene rings is 1. The Morgan fingerprint density at radius 1 is 1.18 bits per heavy atom. The Morgan fingerprint density at radius 3 is 2.79 bits per heavy atom. The molecule has 0 bridgehead atoms. The van der Waals surface area contributed by atoms with Gasteiger partial charge in [0, 0.05) is 4.88 Å². The van der Waals surface area contributed by atoms with Gasteiger partial charge < -0.3 is 20.1 Å². The molecule has 28 heavy (non-hydrogen) atoms. The minimum Gasteiger partial charge on any atom is -0.478 e. The molecule has 146 valence electrons. The number of nitrogens with one attached hydrogen (secondary N) is 3. The average Bonchev–Trinajstić information content (AvgIpc) is 3.19. The van der Waals surface area contributed by atoms with Crippen LogP contribution in [0, 0.1) is 0 Å². The van der Waals surface area contributed by atoms with Crippen LogP contribution in [-0.2, 0) is 25.7 Å². The molecule has 0 saturated heterocycles. The van der Waals surface area contributed by atoms with Gasteiger partial charge in [-0.25, -0.2) is 4.79 Å². The van der Waals surface area contributed by atoms with Gasteiger partial charge >= 0.3 is 12.0 Å². The second kappa shape index (κ2) is 9.00. The number of thiophene rings is 1. The van der Waals surface area contributed by atoms with Crippen LogP contribution in [0.4, 0.5) is 10.5 Å². The summed E-state index contributed by atoms with van der Waals surface area (Å²) in [6.45, 7) is -0.359. The molecular weight excluding hydrogens is 386 g/mol. The molecule has 1 aliphatic heterocycles. The molecule has 3 rings (SSSR count). The van der Waals surface area contributed by atoms with E-state index in [-0.39, 0.29) is 13.0 Å². The van der Waals surface area contributed by atoms with Crippen molar-refractivity contribution < 1.29 is 28.7 Å². The molecule has 0 aliphatic carbocycles. The Morgan fingerprint density at radius 2 is 2.00 bits per heavy atom. The van der Waals surface area contributed by atoms with Crippen LogP contribution in [0.3, 0.4) is 0 Å². The fraction of sp³-hybridized carbons (Fsp3) is 0.222. The maximum atomic E-state index is 12.0. The Labute approximate surface area is 164 Å². The minimum absolute atomic E-state index is 0.284. The van der Waals surface area contributed by atoms with Crippen molar-refractivity contribution in [2.75, 3.05) is 11.9 Å². The van der Waals surface area contributed by atoms with Gasteiger partial charge in [-0.1, -0.05) is 18.2 Å². The van der Waals surface area contributed by atoms with E-state index in [1.807, 2.05) is 17.5 Å². The van der Waals surface area contributed by atoms with Crippen molar-refractivity contribution >= 4 is 40.8 Å². The summed E-state index contributed by atoms with van der Waals surface area (Å²) in [6.07, 6.45) is -1.42. The number of ether oxygens (including phenoxy) is 2. The summed E-state index contributed by atoms with van der Waals surface area (Å²) in [5.74, 6) is -1.61. The van der Waals surface area contributed by atoms with Crippen LogP contribution in [0.25, 0.3) is 0 Å². The summed E-state index contributed by atoms with van der Waals surface area (Å²) < 4.78 is 10.3. The number of urea groups is 1. The highest BCUT2D eigenvalue weighted by atomic mass is 32.1. The second-order valence-electron chi connectivity index (χ2n) is 5.77. The SMILES string of the molecule is O=C(COC(=O)C[C@@H]1Oc2ccccc2NC1=O)NC(=O)NCc1cccs1. The molecule has 0 spiro atoms. The van der Waals surface area contributed by atoms with Crippen LogP contribution in [0.15, 0.2) is 41.8 Å². The molecule has 0 radical (unpaired) electrons. The number of esters is 1. The molecule has 1 aromatic heterocycles. The molecule has 2 heterocycles. The highest BCUT2D eigenvalue weighted by Gasteiger charge is 2.30. The molecule has 3 N–H and O–H groups in total. The van der Waals surface area contributed by atoms with Gasteiger partial charge in [-0.05, 0) is 23.6 Å². The average molecular weight is 403 g/mol. The van der Waals surface area contributed by atoms with E-state index in [1.165, 1.54) is 11.3 Å². The molecule has 4 amide bonds. The molecule has 1 atom stereocenters. The molecule has 1 aliphatic rings. The van der Waals surface area contributed by atoms with Crippen molar-refractivity contribution in [3.8, 4) is 5.75 Å². The first-order chi connectivity index (χ1) is 13.5. The zero-order valence-electron chi connectivity index (χ0n) is 14.6. The quantitative estimate of drug-likeness (QED) is 0.627. The summed E-state index contributed by atoms with van der Waals surface area (Å²) in [7, 11) is 0. The Hall–Kier alpha value is -3.40. The van der Waals surface area contributed by atoms with E-state index in [0.717, 1.165) is 4.88 Å². The van der Waals surface area contributed by atoms with Gasteiger partial charge in [-0.3, -0.25) is 19.7 Å². The maximum absolute atomic E-state index is 12.0. The number of anilines is 1. The highest BCUT2D eigenvalue weighted by molar-refractivity contribution is 7.09. The number of amides is 4. The van der Waals surface area contributed by atoms with Crippen molar-refractivity contribution in [3.05, 3.63) is 46.7 Å². The third kappa shape index (κ3) is 5.30. The maximum Gasteiger partial charge on any atom is 0.321 e. The number of hydrogen-bond donors (Lipinski definition) is 3. The van der Waals surface area contributed by atoms with E-state index in [4.69, 9.17) is 9.47 Å². The third-order valence-corrected chi connectivity index (χ3v) is 4.56. The van der Waals surface area contributed by atoms with Crippen molar-refractivity contribution in [2.24, 2.45) is 0 Å². The van der Waals surface area contributed by atoms with Crippen molar-refractivity contribution in [1.82, 2.24) is 10.6 Å². The van der Waals surface area contributed by atoms with Gasteiger partial charge in [0.05, 0.1) is 18.7 Å². The monoisotopic (exact) mass is 403 g/mol. The summed E-state index contributed by atoms with van der Waals surface area (Å²) in [6, 6.07) is 9.81. The van der Waals surface area contributed by atoms with Gasteiger partial charge in [0.15, 0.2) is 12.7 Å². The molecule has 0 unspecified atom stereocenters. The van der Waals surface area contributed by atoms with Gasteiger partial charge in [-0.15, -0.1) is 11.3 Å². The van der Waals surface area contributed by atoms with Crippen LogP contribution in [0.5, 0.6) is 5.75 Å². The Bertz CT molecular complexity index is 883. The Kier molecular flexibility index (Phi) is 6.22. The predicted octanol–water partition coefficient (Wildman–Crippen LogP) is 1.41. The van der Waals surface area contributed by atoms with Crippen molar-refractivity contribution in [3.63, 3.8) is 0 Å². The third-order valence-electron chi connectivity index (χ3n) is 3.68. The van der Waals surface area contributed by atoms with E-state index in [0.29, 0.717) is 11.4 Å². The first-order valence-corrected chi connectivity index (χ1v) is 9.21. The lowest BCUT2D eigenvalue weighted by atomic mass is 10.1. The van der Waals surface area contributed by atoms with Gasteiger partial charge in [0.2, 0.25) is 0 Å². The fourth-order valence-electron chi connectivity index (χ4n) is 2.37. The Balaban J connectivity index is 1.38. The lowest BCUT2D eigenvalue weighted by Gasteiger charge is -2.25. The molecule has 9 nitrogen and oxygen atoms in total. The van der Waals surface area contributed by atoms with Crippen LogP contribution in [0.2, 0.25) is 0 Å². The zero-order valence-corrected chi connectivity index (χ0v) is 15.4.